The minimum absolute atomic E-state index is 0. The van der Waals surface area contributed by atoms with E-state index in [-0.39, 0.29) is 17.0 Å². The van der Waals surface area contributed by atoms with E-state index < -0.39 is 7.92 Å². The molecule has 0 aliphatic heterocycles. The van der Waals surface area contributed by atoms with Gasteiger partial charge in [-0.2, -0.15) is 0 Å². The summed E-state index contributed by atoms with van der Waals surface area (Å²) >= 11 is 0. The smallest absolute Gasteiger partial charge is 0.0921 e. The number of halogens is 1. The molecule has 0 atom stereocenters. The van der Waals surface area contributed by atoms with Crippen molar-refractivity contribution in [3.05, 3.63) is 109 Å². The molecule has 0 saturated heterocycles. The first-order valence-corrected chi connectivity index (χ1v) is 10.00. The van der Waals surface area contributed by atoms with Gasteiger partial charge in [0, 0.05) is 11.9 Å². The van der Waals surface area contributed by atoms with Gasteiger partial charge in [0.2, 0.25) is 0 Å². The predicted octanol–water partition coefficient (Wildman–Crippen LogP) is 5.05. The van der Waals surface area contributed by atoms with E-state index in [1.165, 1.54) is 21.5 Å². The van der Waals surface area contributed by atoms with Gasteiger partial charge in [0.25, 0.3) is 0 Å². The van der Waals surface area contributed by atoms with Gasteiger partial charge >= 0.3 is 0 Å². The Balaban J connectivity index is 0.000000320. The summed E-state index contributed by atoms with van der Waals surface area (Å²) in [5, 5.41) is 4.21. The van der Waals surface area contributed by atoms with Gasteiger partial charge in [-0.15, -0.1) is 17.0 Å². The van der Waals surface area contributed by atoms with E-state index in [9.17, 15) is 0 Å². The highest BCUT2D eigenvalue weighted by Crippen LogP contribution is 2.32. The summed E-state index contributed by atoms with van der Waals surface area (Å²) in [6.07, 6.45) is 3.44. The molecule has 4 aromatic rings. The lowest BCUT2D eigenvalue weighted by atomic mass is 10.2. The minimum Gasteiger partial charge on any atom is -0.349 e. The normalized spacial score (nSPS) is 9.89. The maximum absolute atomic E-state index is 3.77. The van der Waals surface area contributed by atoms with Gasteiger partial charge in [0.1, 0.15) is 0 Å². The number of aromatic amines is 1. The molecule has 1 N–H and O–H groups in total. The molecule has 0 aliphatic carbocycles. The maximum atomic E-state index is 3.77. The molecular formula is C23H24BrN2P. The van der Waals surface area contributed by atoms with E-state index in [0.717, 1.165) is 5.69 Å². The Morgan fingerprint density at radius 3 is 1.52 bits per heavy atom. The third kappa shape index (κ3) is 6.16. The van der Waals surface area contributed by atoms with Crippen LogP contribution in [-0.2, 0) is 0 Å². The van der Waals surface area contributed by atoms with Gasteiger partial charge in [-0.05, 0) is 37.7 Å². The molecular weight excluding hydrogens is 415 g/mol. The topological polar surface area (TPSA) is 28.7 Å². The molecule has 0 fully saturated rings. The lowest BCUT2D eigenvalue weighted by molar-refractivity contribution is 1.25. The van der Waals surface area contributed by atoms with Gasteiger partial charge in [-0.1, -0.05) is 90.5 Å². The number of hydrogen-bond donors (Lipinski definition) is 1. The number of aromatic nitrogens is 2. The molecule has 2 nitrogen and oxygen atoms in total. The summed E-state index contributed by atoms with van der Waals surface area (Å²) in [4.78, 5) is 6.66. The molecule has 0 amide bonds. The molecule has 0 radical (unpaired) electrons. The Kier molecular flexibility index (Phi) is 8.44. The summed E-state index contributed by atoms with van der Waals surface area (Å²) in [6.45, 7) is 4.10. The summed E-state index contributed by atoms with van der Waals surface area (Å²) in [6, 6.07) is 30.5. The number of rotatable bonds is 3. The quantitative estimate of drug-likeness (QED) is 0.445. The summed E-state index contributed by atoms with van der Waals surface area (Å²) < 4.78 is 0. The Hall–Kier alpha value is -2.22. The zero-order chi connectivity index (χ0) is 18.2. The van der Waals surface area contributed by atoms with Crippen LogP contribution in [-0.4, -0.2) is 9.97 Å². The van der Waals surface area contributed by atoms with Crippen LogP contribution in [0.25, 0.3) is 0 Å². The van der Waals surface area contributed by atoms with Crippen LogP contribution in [0.5, 0.6) is 0 Å². The average molecular weight is 439 g/mol. The number of nitrogens with zero attached hydrogens (tertiary/aromatic N) is 1. The zero-order valence-corrected chi connectivity index (χ0v) is 18.1. The van der Waals surface area contributed by atoms with Crippen LogP contribution >= 0.6 is 24.9 Å². The molecule has 3 aromatic carbocycles. The molecule has 1 heterocycles. The number of nitrogens with one attached hydrogen (secondary N) is 1. The molecule has 4 heteroatoms. The van der Waals surface area contributed by atoms with Crippen molar-refractivity contribution in [3.63, 3.8) is 0 Å². The first-order valence-electron chi connectivity index (χ1n) is 8.66. The average Bonchev–Trinajstić information content (AvgIpc) is 3.17. The van der Waals surface area contributed by atoms with Gasteiger partial charge in [0.05, 0.1) is 6.33 Å². The molecule has 27 heavy (non-hydrogen) atoms. The Labute approximate surface area is 173 Å². The van der Waals surface area contributed by atoms with Crippen molar-refractivity contribution < 1.29 is 0 Å². The first kappa shape index (κ1) is 21.1. The van der Waals surface area contributed by atoms with Crippen LogP contribution in [0.2, 0.25) is 0 Å². The van der Waals surface area contributed by atoms with Crippen LogP contribution < -0.4 is 15.9 Å². The second-order valence-electron chi connectivity index (χ2n) is 6.08. The van der Waals surface area contributed by atoms with Crippen LogP contribution in [0.4, 0.5) is 0 Å². The van der Waals surface area contributed by atoms with Crippen molar-refractivity contribution >= 4 is 40.8 Å². The SMILES string of the molecule is Br.Cc1ccc(P(c2ccccc2)c2ccccc2)cc1.Cc1cnc[nH]1. The predicted molar refractivity (Wildman–Crippen MR) is 124 cm³/mol. The fourth-order valence-electron chi connectivity index (χ4n) is 2.62. The highest BCUT2D eigenvalue weighted by molar-refractivity contribution is 8.93. The summed E-state index contributed by atoms with van der Waals surface area (Å²) in [7, 11) is -0.458. The second kappa shape index (κ2) is 10.8. The largest absolute Gasteiger partial charge is 0.349 e. The fourth-order valence-corrected chi connectivity index (χ4v) is 4.90. The first-order chi connectivity index (χ1) is 12.7. The van der Waals surface area contributed by atoms with Crippen molar-refractivity contribution in [1.82, 2.24) is 9.97 Å². The Morgan fingerprint density at radius 1 is 0.667 bits per heavy atom. The van der Waals surface area contributed by atoms with E-state index >= 15 is 0 Å². The maximum Gasteiger partial charge on any atom is 0.0921 e. The number of hydrogen-bond acceptors (Lipinski definition) is 1. The summed E-state index contributed by atoms with van der Waals surface area (Å²) in [5.74, 6) is 0. The van der Waals surface area contributed by atoms with Gasteiger partial charge < -0.3 is 4.98 Å². The lowest BCUT2D eigenvalue weighted by Crippen LogP contribution is -2.20. The van der Waals surface area contributed by atoms with E-state index in [1.54, 1.807) is 12.5 Å². The van der Waals surface area contributed by atoms with Crippen molar-refractivity contribution in [1.29, 1.82) is 0 Å². The number of aryl methyl sites for hydroxylation is 2. The van der Waals surface area contributed by atoms with Crippen LogP contribution in [0.3, 0.4) is 0 Å². The molecule has 0 spiro atoms. The molecule has 0 aliphatic rings. The highest BCUT2D eigenvalue weighted by atomic mass is 79.9. The van der Waals surface area contributed by atoms with Crippen molar-refractivity contribution in [2.75, 3.05) is 0 Å². The van der Waals surface area contributed by atoms with Crippen LogP contribution in [0.15, 0.2) is 97.5 Å². The Bertz CT molecular complexity index is 853. The van der Waals surface area contributed by atoms with E-state index in [1.807, 2.05) is 6.92 Å². The summed E-state index contributed by atoms with van der Waals surface area (Å²) in [5.41, 5.74) is 2.42. The molecule has 138 valence electrons. The molecule has 0 saturated carbocycles. The van der Waals surface area contributed by atoms with Crippen LogP contribution in [0, 0.1) is 13.8 Å². The number of imidazole rings is 1. The van der Waals surface area contributed by atoms with Crippen LogP contribution in [0.1, 0.15) is 11.3 Å². The third-order valence-electron chi connectivity index (χ3n) is 3.96. The number of H-pyrrole nitrogens is 1. The lowest BCUT2D eigenvalue weighted by Gasteiger charge is -2.19. The molecule has 0 bridgehead atoms. The zero-order valence-electron chi connectivity index (χ0n) is 15.5. The van der Waals surface area contributed by atoms with Crippen molar-refractivity contribution in [2.45, 2.75) is 13.8 Å². The van der Waals surface area contributed by atoms with Gasteiger partial charge in [-0.3, -0.25) is 0 Å². The van der Waals surface area contributed by atoms with Gasteiger partial charge in [-0.25, -0.2) is 4.98 Å². The highest BCUT2D eigenvalue weighted by Gasteiger charge is 2.15. The molecule has 4 rings (SSSR count). The van der Waals surface area contributed by atoms with Gasteiger partial charge in [0.15, 0.2) is 0 Å². The third-order valence-corrected chi connectivity index (χ3v) is 6.40. The van der Waals surface area contributed by atoms with Crippen molar-refractivity contribution in [3.8, 4) is 0 Å². The van der Waals surface area contributed by atoms with Crippen molar-refractivity contribution in [2.24, 2.45) is 0 Å². The molecule has 0 unspecified atom stereocenters. The monoisotopic (exact) mass is 438 g/mol. The molecule has 1 aromatic heterocycles. The second-order valence-corrected chi connectivity index (χ2v) is 8.30. The minimum atomic E-state index is -0.458. The van der Waals surface area contributed by atoms with E-state index in [4.69, 9.17) is 0 Å². The van der Waals surface area contributed by atoms with E-state index in [2.05, 4.69) is 102 Å². The Morgan fingerprint density at radius 2 is 1.15 bits per heavy atom. The van der Waals surface area contributed by atoms with E-state index in [0.29, 0.717) is 0 Å². The number of benzene rings is 3. The fraction of sp³-hybridized carbons (Fsp3) is 0.0870. The standard InChI is InChI=1S/C19H17P.C4H6N2.BrH/c1-16-12-14-19(15-13-16)20(17-8-4-2-5-9-17)18-10-6-3-7-11-18;1-4-2-5-3-6-4;/h2-15H,1H3;2-3H,1H3,(H,5,6);1H.